The first-order valence-electron chi connectivity index (χ1n) is 10.2. The van der Waals surface area contributed by atoms with Crippen molar-refractivity contribution in [3.05, 3.63) is 60.3 Å². The number of carbonyl (C=O) groups excluding carboxylic acids is 2. The molecule has 0 bridgehead atoms. The Morgan fingerprint density at radius 3 is 2.09 bits per heavy atom. The Hall–Kier alpha value is -2.64. The van der Waals surface area contributed by atoms with Gasteiger partial charge in [-0.15, -0.1) is 23.1 Å². The number of hydrogen-bond donors (Lipinski definition) is 0. The van der Waals surface area contributed by atoms with Gasteiger partial charge in [-0.05, 0) is 52.3 Å². The van der Waals surface area contributed by atoms with Gasteiger partial charge >= 0.3 is 11.9 Å². The van der Waals surface area contributed by atoms with E-state index in [2.05, 4.69) is 4.98 Å². The third-order valence-corrected chi connectivity index (χ3v) is 6.74. The summed E-state index contributed by atoms with van der Waals surface area (Å²) < 4.78 is 9.76. The lowest BCUT2D eigenvalue weighted by atomic mass is 10.1. The van der Waals surface area contributed by atoms with Crippen LogP contribution in [0.5, 0.6) is 0 Å². The zero-order valence-corrected chi connectivity index (χ0v) is 20.7. The third kappa shape index (κ3) is 5.78. The Bertz CT molecular complexity index is 1100. The number of ether oxygens (including phenoxy) is 2. The highest BCUT2D eigenvalue weighted by molar-refractivity contribution is 8.01. The molecule has 0 spiro atoms. The average molecular weight is 470 g/mol. The van der Waals surface area contributed by atoms with E-state index < -0.39 is 16.3 Å². The first kappa shape index (κ1) is 24.0. The van der Waals surface area contributed by atoms with Crippen LogP contribution in [-0.4, -0.2) is 34.4 Å². The van der Waals surface area contributed by atoms with E-state index in [9.17, 15) is 9.59 Å². The van der Waals surface area contributed by atoms with Crippen molar-refractivity contribution in [2.24, 2.45) is 0 Å². The molecule has 0 unspecified atom stereocenters. The Kier molecular flexibility index (Phi) is 7.10. The molecule has 3 rings (SSSR count). The maximum absolute atomic E-state index is 12.5. The number of esters is 2. The molecule has 0 saturated heterocycles. The summed E-state index contributed by atoms with van der Waals surface area (Å²) in [4.78, 5) is 31.1. The van der Waals surface area contributed by atoms with Crippen LogP contribution in [0.15, 0.2) is 59.5 Å². The number of aromatic nitrogens is 1. The first-order chi connectivity index (χ1) is 15.0. The highest BCUT2D eigenvalue weighted by atomic mass is 32.2. The topological polar surface area (TPSA) is 65.5 Å². The van der Waals surface area contributed by atoms with Crippen LogP contribution in [0.3, 0.4) is 0 Å². The third-order valence-electron chi connectivity index (χ3n) is 4.41. The maximum atomic E-state index is 12.5. The maximum Gasteiger partial charge on any atom is 0.358 e. The van der Waals surface area contributed by atoms with Crippen molar-refractivity contribution in [2.45, 2.75) is 49.9 Å². The predicted molar refractivity (Wildman–Crippen MR) is 130 cm³/mol. The average Bonchev–Trinajstić information content (AvgIpc) is 3.18. The standard InChI is InChI=1S/C25H27NO4S2/c1-24(2,3)30-23(28)25(4,5)32-18-14-12-17(13-15-18)21-26-19(22(27)29-6)20(31-21)16-10-8-7-9-11-16/h7-15H,1-6H3. The quantitative estimate of drug-likeness (QED) is 0.304. The molecule has 168 valence electrons. The summed E-state index contributed by atoms with van der Waals surface area (Å²) in [6, 6.07) is 17.5. The van der Waals surface area contributed by atoms with Crippen LogP contribution in [0.1, 0.15) is 45.1 Å². The zero-order valence-electron chi connectivity index (χ0n) is 19.1. The normalized spacial score (nSPS) is 11.8. The summed E-state index contributed by atoms with van der Waals surface area (Å²) in [5, 5.41) is 0.729. The van der Waals surface area contributed by atoms with Crippen molar-refractivity contribution >= 4 is 35.0 Å². The summed E-state index contributed by atoms with van der Waals surface area (Å²) >= 11 is 2.89. The minimum Gasteiger partial charge on any atom is -0.464 e. The molecule has 2 aromatic carbocycles. The van der Waals surface area contributed by atoms with Crippen LogP contribution in [-0.2, 0) is 14.3 Å². The van der Waals surface area contributed by atoms with Gasteiger partial charge in [-0.1, -0.05) is 42.5 Å². The number of hydrogen-bond acceptors (Lipinski definition) is 7. The number of carbonyl (C=O) groups is 2. The lowest BCUT2D eigenvalue weighted by molar-refractivity contribution is -0.156. The molecular weight excluding hydrogens is 442 g/mol. The summed E-state index contributed by atoms with van der Waals surface area (Å²) in [5.74, 6) is -0.716. The SMILES string of the molecule is COC(=O)c1nc(-c2ccc(SC(C)(C)C(=O)OC(C)(C)C)cc2)sc1-c1ccccc1. The number of benzene rings is 2. The summed E-state index contributed by atoms with van der Waals surface area (Å²) in [6.07, 6.45) is 0. The van der Waals surface area contributed by atoms with Gasteiger partial charge in [-0.25, -0.2) is 9.78 Å². The molecular formula is C25H27NO4S2. The fourth-order valence-electron chi connectivity index (χ4n) is 2.87. The fourth-order valence-corrected chi connectivity index (χ4v) is 4.92. The van der Waals surface area contributed by atoms with Gasteiger partial charge in [0.1, 0.15) is 15.4 Å². The van der Waals surface area contributed by atoms with Gasteiger partial charge in [0.15, 0.2) is 5.69 Å². The molecule has 32 heavy (non-hydrogen) atoms. The molecule has 5 nitrogen and oxygen atoms in total. The van der Waals surface area contributed by atoms with E-state index in [-0.39, 0.29) is 5.97 Å². The Balaban J connectivity index is 1.85. The van der Waals surface area contributed by atoms with Crippen molar-refractivity contribution in [3.8, 4) is 21.0 Å². The van der Waals surface area contributed by atoms with Gasteiger partial charge in [0.2, 0.25) is 0 Å². The molecule has 0 radical (unpaired) electrons. The molecule has 0 amide bonds. The van der Waals surface area contributed by atoms with Gasteiger partial charge in [-0.2, -0.15) is 0 Å². The summed E-state index contributed by atoms with van der Waals surface area (Å²) in [7, 11) is 1.36. The van der Waals surface area contributed by atoms with E-state index in [1.54, 1.807) is 0 Å². The predicted octanol–water partition coefficient (Wildman–Crippen LogP) is 6.48. The number of methoxy groups -OCH3 is 1. The highest BCUT2D eigenvalue weighted by Gasteiger charge is 2.33. The Labute approximate surface area is 197 Å². The fraction of sp³-hybridized carbons (Fsp3) is 0.320. The molecule has 1 heterocycles. The molecule has 0 fully saturated rings. The van der Waals surface area contributed by atoms with E-state index in [0.717, 1.165) is 25.9 Å². The lowest BCUT2D eigenvalue weighted by Crippen LogP contribution is -2.36. The highest BCUT2D eigenvalue weighted by Crippen LogP contribution is 2.38. The lowest BCUT2D eigenvalue weighted by Gasteiger charge is -2.28. The molecule has 0 aliphatic rings. The minimum atomic E-state index is -0.728. The van der Waals surface area contributed by atoms with Gasteiger partial charge in [0.25, 0.3) is 0 Å². The molecule has 0 N–H and O–H groups in total. The summed E-state index contributed by atoms with van der Waals surface area (Å²) in [6.45, 7) is 9.30. The molecule has 0 atom stereocenters. The second-order valence-corrected chi connectivity index (χ2v) is 11.4. The van der Waals surface area contributed by atoms with Crippen molar-refractivity contribution in [2.75, 3.05) is 7.11 Å². The van der Waals surface area contributed by atoms with Crippen LogP contribution < -0.4 is 0 Å². The molecule has 0 saturated carbocycles. The van der Waals surface area contributed by atoms with E-state index >= 15 is 0 Å². The Morgan fingerprint density at radius 2 is 1.53 bits per heavy atom. The molecule has 7 heteroatoms. The largest absolute Gasteiger partial charge is 0.464 e. The molecule has 3 aromatic rings. The first-order valence-corrected chi connectivity index (χ1v) is 11.8. The van der Waals surface area contributed by atoms with Gasteiger partial charge < -0.3 is 9.47 Å². The van der Waals surface area contributed by atoms with Gasteiger partial charge in [-0.3, -0.25) is 4.79 Å². The van der Waals surface area contributed by atoms with E-state index in [4.69, 9.17) is 9.47 Å². The number of thiazole rings is 1. The number of rotatable bonds is 6. The van der Waals surface area contributed by atoms with Crippen molar-refractivity contribution in [1.82, 2.24) is 4.98 Å². The summed E-state index contributed by atoms with van der Waals surface area (Å²) in [5.41, 5.74) is 1.59. The zero-order chi connectivity index (χ0) is 23.5. The monoisotopic (exact) mass is 469 g/mol. The molecule has 0 aliphatic heterocycles. The van der Waals surface area contributed by atoms with Crippen LogP contribution in [0, 0.1) is 0 Å². The number of thioether (sulfide) groups is 1. The van der Waals surface area contributed by atoms with Crippen LogP contribution in [0.2, 0.25) is 0 Å². The number of nitrogens with zero attached hydrogens (tertiary/aromatic N) is 1. The van der Waals surface area contributed by atoms with Gasteiger partial charge in [0.05, 0.1) is 12.0 Å². The molecule has 0 aliphatic carbocycles. The second kappa shape index (κ2) is 9.46. The second-order valence-electron chi connectivity index (χ2n) is 8.69. The van der Waals surface area contributed by atoms with Crippen molar-refractivity contribution in [3.63, 3.8) is 0 Å². The van der Waals surface area contributed by atoms with Crippen molar-refractivity contribution in [1.29, 1.82) is 0 Å². The van der Waals surface area contributed by atoms with Crippen LogP contribution >= 0.6 is 23.1 Å². The van der Waals surface area contributed by atoms with E-state index in [1.165, 1.54) is 30.2 Å². The van der Waals surface area contributed by atoms with Crippen LogP contribution in [0.25, 0.3) is 21.0 Å². The minimum absolute atomic E-state index is 0.255. The van der Waals surface area contributed by atoms with E-state index in [0.29, 0.717) is 5.69 Å². The van der Waals surface area contributed by atoms with Crippen molar-refractivity contribution < 1.29 is 19.1 Å². The smallest absolute Gasteiger partial charge is 0.358 e. The van der Waals surface area contributed by atoms with E-state index in [1.807, 2.05) is 89.2 Å². The van der Waals surface area contributed by atoms with Crippen LogP contribution in [0.4, 0.5) is 0 Å². The Morgan fingerprint density at radius 1 is 0.906 bits per heavy atom. The van der Waals surface area contributed by atoms with Gasteiger partial charge in [0, 0.05) is 10.5 Å². The molecule has 1 aromatic heterocycles.